The topological polar surface area (TPSA) is 89.1 Å². The summed E-state index contributed by atoms with van der Waals surface area (Å²) in [7, 11) is 0. The van der Waals surface area contributed by atoms with Gasteiger partial charge in [0.1, 0.15) is 0 Å². The second kappa shape index (κ2) is 5.62. The van der Waals surface area contributed by atoms with Crippen LogP contribution in [0.25, 0.3) is 0 Å². The lowest BCUT2D eigenvalue weighted by molar-refractivity contribution is 0.215. The van der Waals surface area contributed by atoms with Crippen molar-refractivity contribution in [1.82, 2.24) is 25.2 Å². The molecule has 1 fully saturated rings. The molecule has 2 amide bonds. The number of urea groups is 1. The van der Waals surface area contributed by atoms with E-state index in [-0.39, 0.29) is 6.03 Å². The van der Waals surface area contributed by atoms with Crippen molar-refractivity contribution in [2.75, 3.05) is 26.2 Å². The van der Waals surface area contributed by atoms with Crippen LogP contribution in [0, 0.1) is 0 Å². The number of aryl methyl sites for hydroxylation is 1. The van der Waals surface area contributed by atoms with Gasteiger partial charge in [0.2, 0.25) is 0 Å². The highest BCUT2D eigenvalue weighted by Crippen LogP contribution is 2.00. The molecule has 1 aliphatic rings. The molecule has 2 heterocycles. The summed E-state index contributed by atoms with van der Waals surface area (Å²) in [6, 6.07) is 0.00784. The number of nitrogens with two attached hydrogens (primary N) is 1. The van der Waals surface area contributed by atoms with Crippen molar-refractivity contribution in [2.24, 2.45) is 5.73 Å². The van der Waals surface area contributed by atoms with Crippen LogP contribution >= 0.6 is 0 Å². The van der Waals surface area contributed by atoms with Crippen molar-refractivity contribution in [1.29, 1.82) is 0 Å². The fourth-order valence-electron chi connectivity index (χ4n) is 1.79. The Bertz CT molecular complexity index is 377. The highest BCUT2D eigenvalue weighted by molar-refractivity contribution is 5.76. The van der Waals surface area contributed by atoms with Crippen LogP contribution in [0.2, 0.25) is 0 Å². The van der Waals surface area contributed by atoms with Crippen molar-refractivity contribution in [3.8, 4) is 0 Å². The lowest BCUT2D eigenvalue weighted by Crippen LogP contribution is -2.31. The Balaban J connectivity index is 1.78. The van der Waals surface area contributed by atoms with Gasteiger partial charge in [0.15, 0.2) is 0 Å². The van der Waals surface area contributed by atoms with E-state index in [4.69, 9.17) is 5.73 Å². The first-order valence-corrected chi connectivity index (χ1v) is 5.91. The van der Waals surface area contributed by atoms with Crippen molar-refractivity contribution in [2.45, 2.75) is 19.4 Å². The molecule has 1 saturated heterocycles. The zero-order chi connectivity index (χ0) is 12.1. The van der Waals surface area contributed by atoms with Gasteiger partial charge >= 0.3 is 6.03 Å². The summed E-state index contributed by atoms with van der Waals surface area (Å²) in [5.74, 6) is 0. The highest BCUT2D eigenvalue weighted by Gasteiger charge is 2.18. The highest BCUT2D eigenvalue weighted by atomic mass is 16.2. The lowest BCUT2D eigenvalue weighted by atomic mass is 10.2. The predicted octanol–water partition coefficient (Wildman–Crippen LogP) is -0.805. The minimum atomic E-state index is 0.00784. The lowest BCUT2D eigenvalue weighted by Gasteiger charge is -2.12. The largest absolute Gasteiger partial charge is 0.336 e. The first-order valence-electron chi connectivity index (χ1n) is 5.91. The monoisotopic (exact) mass is 238 g/mol. The number of nitrogens with zero attached hydrogens (tertiary/aromatic N) is 4. The summed E-state index contributed by atoms with van der Waals surface area (Å²) in [4.78, 5) is 13.1. The Morgan fingerprint density at radius 2 is 2.35 bits per heavy atom. The van der Waals surface area contributed by atoms with Gasteiger partial charge in [-0.05, 0) is 19.4 Å². The average molecular weight is 238 g/mol. The van der Waals surface area contributed by atoms with E-state index in [1.807, 2.05) is 6.20 Å². The maximum absolute atomic E-state index is 11.3. The number of nitrogens with one attached hydrogen (secondary N) is 1. The van der Waals surface area contributed by atoms with Crippen LogP contribution in [-0.4, -0.2) is 52.1 Å². The minimum Gasteiger partial charge on any atom is -0.336 e. The summed E-state index contributed by atoms with van der Waals surface area (Å²) in [6.45, 7) is 3.53. The predicted molar refractivity (Wildman–Crippen MR) is 62.4 cm³/mol. The maximum Gasteiger partial charge on any atom is 0.317 e. The van der Waals surface area contributed by atoms with Crippen molar-refractivity contribution in [3.63, 3.8) is 0 Å². The molecule has 7 heteroatoms. The van der Waals surface area contributed by atoms with Gasteiger partial charge in [0.25, 0.3) is 0 Å². The third kappa shape index (κ3) is 3.16. The van der Waals surface area contributed by atoms with E-state index in [2.05, 4.69) is 15.6 Å². The molecule has 3 N–H and O–H groups in total. The van der Waals surface area contributed by atoms with Crippen LogP contribution in [-0.2, 0) is 13.0 Å². The minimum absolute atomic E-state index is 0.00784. The summed E-state index contributed by atoms with van der Waals surface area (Å²) in [5.41, 5.74) is 6.39. The number of amides is 2. The first kappa shape index (κ1) is 11.8. The Morgan fingerprint density at radius 3 is 3.06 bits per heavy atom. The van der Waals surface area contributed by atoms with E-state index in [0.29, 0.717) is 19.6 Å². The van der Waals surface area contributed by atoms with Gasteiger partial charge in [-0.25, -0.2) is 4.79 Å². The fourth-order valence-corrected chi connectivity index (χ4v) is 1.79. The molecule has 1 aromatic heterocycles. The SMILES string of the molecule is NCCCc1cn(CCN2CCNC2=O)nn1. The molecule has 7 nitrogen and oxygen atoms in total. The molecule has 94 valence electrons. The molecule has 17 heavy (non-hydrogen) atoms. The number of aromatic nitrogens is 3. The van der Waals surface area contributed by atoms with Gasteiger partial charge in [-0.15, -0.1) is 5.10 Å². The van der Waals surface area contributed by atoms with Gasteiger partial charge in [-0.1, -0.05) is 5.21 Å². The van der Waals surface area contributed by atoms with E-state index in [1.165, 1.54) is 0 Å². The smallest absolute Gasteiger partial charge is 0.317 e. The van der Waals surface area contributed by atoms with E-state index < -0.39 is 0 Å². The van der Waals surface area contributed by atoms with Crippen LogP contribution in [0.4, 0.5) is 4.79 Å². The average Bonchev–Trinajstić information content (AvgIpc) is 2.93. The summed E-state index contributed by atoms with van der Waals surface area (Å²) >= 11 is 0. The Kier molecular flexibility index (Phi) is 3.92. The van der Waals surface area contributed by atoms with Gasteiger partial charge in [0.05, 0.1) is 12.2 Å². The van der Waals surface area contributed by atoms with E-state index in [1.54, 1.807) is 9.58 Å². The number of hydrogen-bond donors (Lipinski definition) is 2. The zero-order valence-electron chi connectivity index (χ0n) is 9.80. The number of carbonyl (C=O) groups excluding carboxylic acids is 1. The van der Waals surface area contributed by atoms with E-state index >= 15 is 0 Å². The van der Waals surface area contributed by atoms with E-state index in [9.17, 15) is 4.79 Å². The zero-order valence-corrected chi connectivity index (χ0v) is 9.80. The van der Waals surface area contributed by atoms with Gasteiger partial charge < -0.3 is 16.0 Å². The van der Waals surface area contributed by atoms with Crippen LogP contribution < -0.4 is 11.1 Å². The number of rotatable bonds is 6. The molecule has 0 atom stereocenters. The van der Waals surface area contributed by atoms with Gasteiger partial charge in [-0.2, -0.15) is 0 Å². The number of hydrogen-bond acceptors (Lipinski definition) is 4. The maximum atomic E-state index is 11.3. The molecule has 1 aliphatic heterocycles. The summed E-state index contributed by atoms with van der Waals surface area (Å²) in [5, 5.41) is 10.8. The molecule has 2 rings (SSSR count). The first-order chi connectivity index (χ1) is 8.29. The molecule has 0 saturated carbocycles. The molecule has 0 unspecified atom stereocenters. The third-order valence-corrected chi connectivity index (χ3v) is 2.77. The van der Waals surface area contributed by atoms with Crippen molar-refractivity contribution >= 4 is 6.03 Å². The van der Waals surface area contributed by atoms with Crippen LogP contribution in [0.5, 0.6) is 0 Å². The van der Waals surface area contributed by atoms with Crippen LogP contribution in [0.3, 0.4) is 0 Å². The number of carbonyl (C=O) groups is 1. The molecule has 1 aromatic rings. The second-order valence-electron chi connectivity index (χ2n) is 4.08. The normalized spacial score (nSPS) is 15.4. The van der Waals surface area contributed by atoms with Crippen LogP contribution in [0.1, 0.15) is 12.1 Å². The second-order valence-corrected chi connectivity index (χ2v) is 4.08. The molecule has 0 aromatic carbocycles. The quantitative estimate of drug-likeness (QED) is 0.678. The van der Waals surface area contributed by atoms with Crippen molar-refractivity contribution < 1.29 is 4.79 Å². The molecule has 0 aliphatic carbocycles. The molecule has 0 bridgehead atoms. The summed E-state index contributed by atoms with van der Waals surface area (Å²) in [6.07, 6.45) is 3.71. The van der Waals surface area contributed by atoms with Crippen LogP contribution in [0.15, 0.2) is 6.20 Å². The Hall–Kier alpha value is -1.63. The standard InChI is InChI=1S/C10H18N6O/c11-3-1-2-9-8-16(14-13-9)7-6-15-5-4-12-10(15)17/h8H,1-7,11H2,(H,12,17). The third-order valence-electron chi connectivity index (χ3n) is 2.77. The van der Waals surface area contributed by atoms with Crippen molar-refractivity contribution in [3.05, 3.63) is 11.9 Å². The van der Waals surface area contributed by atoms with Gasteiger partial charge in [-0.3, -0.25) is 4.68 Å². The molecule has 0 radical (unpaired) electrons. The molecular weight excluding hydrogens is 220 g/mol. The molecular formula is C10H18N6O. The van der Waals surface area contributed by atoms with Gasteiger partial charge in [0, 0.05) is 25.8 Å². The Morgan fingerprint density at radius 1 is 1.47 bits per heavy atom. The Labute approximate surface area is 100.0 Å². The van der Waals surface area contributed by atoms with E-state index in [0.717, 1.165) is 31.6 Å². The summed E-state index contributed by atoms with van der Waals surface area (Å²) < 4.78 is 1.78. The molecule has 0 spiro atoms. The fraction of sp³-hybridized carbons (Fsp3) is 0.700.